The molecule has 4 aromatic rings. The number of carboxylic acids is 1. The lowest BCUT2D eigenvalue weighted by atomic mass is 9.87. The van der Waals surface area contributed by atoms with E-state index < -0.39 is 5.97 Å². The molecule has 0 aliphatic heterocycles. The van der Waals surface area contributed by atoms with Crippen LogP contribution in [0.25, 0.3) is 28.1 Å². The molecule has 5 nitrogen and oxygen atoms in total. The van der Waals surface area contributed by atoms with Crippen LogP contribution in [0.3, 0.4) is 0 Å². The van der Waals surface area contributed by atoms with E-state index >= 15 is 0 Å². The molecule has 0 saturated heterocycles. The van der Waals surface area contributed by atoms with Crippen LogP contribution in [0.15, 0.2) is 73.2 Å². The normalized spacial score (nSPS) is 12.3. The third-order valence-corrected chi connectivity index (χ3v) is 5.37. The summed E-state index contributed by atoms with van der Waals surface area (Å²) in [5, 5.41) is 17.1. The van der Waals surface area contributed by atoms with Gasteiger partial charge in [-0.2, -0.15) is 5.10 Å². The number of carboxylic acid groups (broad SMARTS) is 1. The van der Waals surface area contributed by atoms with E-state index in [4.69, 9.17) is 5.11 Å². The summed E-state index contributed by atoms with van der Waals surface area (Å²) in [5.74, 6) is -0.960. The number of aromatic nitrogens is 3. The fourth-order valence-corrected chi connectivity index (χ4v) is 3.82. The van der Waals surface area contributed by atoms with E-state index in [0.29, 0.717) is 0 Å². The van der Waals surface area contributed by atoms with Crippen LogP contribution in [0.5, 0.6) is 0 Å². The van der Waals surface area contributed by atoms with Crippen molar-refractivity contribution in [3.05, 3.63) is 101 Å². The Hall–Kier alpha value is -3.99. The minimum absolute atomic E-state index is 0.839. The Bertz CT molecular complexity index is 1300. The molecule has 0 unspecified atom stereocenters. The summed E-state index contributed by atoms with van der Waals surface area (Å²) in [5.41, 5.74) is 8.65. The Kier molecular flexibility index (Phi) is 5.76. The van der Waals surface area contributed by atoms with Crippen molar-refractivity contribution in [3.63, 3.8) is 0 Å². The molecular formula is C26H23N3O2. The van der Waals surface area contributed by atoms with Gasteiger partial charge in [0.05, 0.1) is 11.7 Å². The molecule has 4 rings (SSSR count). The number of H-pyrrole nitrogens is 1. The average Bonchev–Trinajstić information content (AvgIpc) is 3.25. The summed E-state index contributed by atoms with van der Waals surface area (Å²) in [6, 6.07) is 16.3. The highest BCUT2D eigenvalue weighted by atomic mass is 16.4. The van der Waals surface area contributed by atoms with Crippen LogP contribution in [0.2, 0.25) is 0 Å². The van der Waals surface area contributed by atoms with Crippen LogP contribution >= 0.6 is 0 Å². The van der Waals surface area contributed by atoms with E-state index in [9.17, 15) is 4.79 Å². The maximum Gasteiger partial charge on any atom is 0.328 e. The first-order valence-electron chi connectivity index (χ1n) is 10.2. The van der Waals surface area contributed by atoms with E-state index in [1.54, 1.807) is 6.08 Å². The maximum absolute atomic E-state index is 10.8. The highest BCUT2D eigenvalue weighted by Crippen LogP contribution is 2.36. The fraction of sp³-hybridized carbons (Fsp3) is 0.115. The third-order valence-electron chi connectivity index (χ3n) is 5.37. The first-order chi connectivity index (χ1) is 15.1. The van der Waals surface area contributed by atoms with Gasteiger partial charge in [-0.15, -0.1) is 0 Å². The van der Waals surface area contributed by atoms with Crippen LogP contribution in [0, 0.1) is 6.92 Å². The Labute approximate surface area is 180 Å². The Morgan fingerprint density at radius 1 is 1.06 bits per heavy atom. The highest BCUT2D eigenvalue weighted by molar-refractivity contribution is 6.00. The smallest absolute Gasteiger partial charge is 0.328 e. The van der Waals surface area contributed by atoms with Crippen LogP contribution in [0.4, 0.5) is 0 Å². The van der Waals surface area contributed by atoms with Crippen LogP contribution in [-0.2, 0) is 4.79 Å². The number of nitrogens with zero attached hydrogens (tertiary/aromatic N) is 2. The number of hydrogen-bond donors (Lipinski definition) is 2. The summed E-state index contributed by atoms with van der Waals surface area (Å²) in [6.45, 7) is 4.26. The topological polar surface area (TPSA) is 78.9 Å². The molecule has 31 heavy (non-hydrogen) atoms. The lowest BCUT2D eigenvalue weighted by Gasteiger charge is -2.18. The predicted molar refractivity (Wildman–Crippen MR) is 124 cm³/mol. The molecule has 2 heterocycles. The number of pyridine rings is 1. The summed E-state index contributed by atoms with van der Waals surface area (Å²) >= 11 is 0. The number of fused-ring (bicyclic) bond motifs is 1. The minimum Gasteiger partial charge on any atom is -0.478 e. The molecule has 0 amide bonds. The first-order valence-corrected chi connectivity index (χ1v) is 10.2. The largest absolute Gasteiger partial charge is 0.478 e. The summed E-state index contributed by atoms with van der Waals surface area (Å²) < 4.78 is 0. The van der Waals surface area contributed by atoms with Crippen LogP contribution in [-0.4, -0.2) is 26.3 Å². The van der Waals surface area contributed by atoms with Gasteiger partial charge in [0.15, 0.2) is 0 Å². The number of nitrogens with one attached hydrogen (secondary N) is 1. The van der Waals surface area contributed by atoms with Gasteiger partial charge in [-0.3, -0.25) is 10.1 Å². The molecule has 0 bridgehead atoms. The minimum atomic E-state index is -0.960. The lowest BCUT2D eigenvalue weighted by molar-refractivity contribution is -0.131. The first kappa shape index (κ1) is 20.3. The molecule has 0 aliphatic carbocycles. The van der Waals surface area contributed by atoms with Gasteiger partial charge in [-0.05, 0) is 76.6 Å². The lowest BCUT2D eigenvalue weighted by Crippen LogP contribution is -1.97. The number of carbonyl (C=O) groups is 1. The SMILES string of the molecule is CC/C(=C(/c1ccc(/C=C/C(=O)O)cc1)c1ccc2[nH]ncc2c1)c1cnccc1C. The molecule has 0 radical (unpaired) electrons. The third kappa shape index (κ3) is 4.31. The molecule has 5 heteroatoms. The van der Waals surface area contributed by atoms with Gasteiger partial charge in [-0.25, -0.2) is 4.79 Å². The molecule has 2 aromatic heterocycles. The molecule has 2 N–H and O–H groups in total. The zero-order chi connectivity index (χ0) is 21.8. The Morgan fingerprint density at radius 2 is 1.84 bits per heavy atom. The van der Waals surface area contributed by atoms with Crippen molar-refractivity contribution < 1.29 is 9.90 Å². The van der Waals surface area contributed by atoms with E-state index in [1.165, 1.54) is 11.1 Å². The number of aryl methyl sites for hydroxylation is 1. The Morgan fingerprint density at radius 3 is 2.55 bits per heavy atom. The zero-order valence-electron chi connectivity index (χ0n) is 17.5. The number of rotatable bonds is 6. The van der Waals surface area contributed by atoms with E-state index in [1.807, 2.05) is 55.0 Å². The summed E-state index contributed by atoms with van der Waals surface area (Å²) in [6.07, 6.45) is 9.15. The van der Waals surface area contributed by atoms with E-state index in [0.717, 1.165) is 51.2 Å². The van der Waals surface area contributed by atoms with Crippen molar-refractivity contribution in [1.82, 2.24) is 15.2 Å². The monoisotopic (exact) mass is 409 g/mol. The van der Waals surface area contributed by atoms with Gasteiger partial charge >= 0.3 is 5.97 Å². The summed E-state index contributed by atoms with van der Waals surface area (Å²) in [4.78, 5) is 15.2. The standard InChI is InChI=1S/C26H23N3O2/c1-3-22(23-16-27-13-12-17(23)2)26(20-9-10-24-21(14-20)15-28-29-24)19-7-4-18(5-8-19)6-11-25(30)31/h4-16H,3H2,1-2H3,(H,28,29)(H,30,31)/b11-6+,26-22+. The van der Waals surface area contributed by atoms with Gasteiger partial charge in [-0.1, -0.05) is 37.3 Å². The number of aliphatic carboxylic acids is 1. The van der Waals surface area contributed by atoms with Gasteiger partial charge in [0.1, 0.15) is 0 Å². The van der Waals surface area contributed by atoms with Gasteiger partial charge in [0.2, 0.25) is 0 Å². The zero-order valence-corrected chi connectivity index (χ0v) is 17.5. The second-order valence-electron chi connectivity index (χ2n) is 7.36. The van der Waals surface area contributed by atoms with E-state index in [2.05, 4.69) is 41.2 Å². The molecule has 0 aliphatic rings. The Balaban J connectivity index is 1.92. The van der Waals surface area contributed by atoms with E-state index in [-0.39, 0.29) is 0 Å². The molecule has 0 spiro atoms. The molecule has 0 fully saturated rings. The number of allylic oxidation sites excluding steroid dienone is 1. The predicted octanol–water partition coefficient (Wildman–Crippen LogP) is 5.73. The molecule has 0 atom stereocenters. The van der Waals surface area contributed by atoms with Crippen molar-refractivity contribution in [2.45, 2.75) is 20.3 Å². The van der Waals surface area contributed by atoms with Gasteiger partial charge in [0.25, 0.3) is 0 Å². The second kappa shape index (κ2) is 8.79. The van der Waals surface area contributed by atoms with Crippen molar-refractivity contribution in [1.29, 1.82) is 0 Å². The second-order valence-corrected chi connectivity index (χ2v) is 7.36. The number of benzene rings is 2. The van der Waals surface area contributed by atoms with Crippen LogP contribution in [0.1, 0.15) is 41.2 Å². The van der Waals surface area contributed by atoms with Crippen molar-refractivity contribution in [2.24, 2.45) is 0 Å². The quantitative estimate of drug-likeness (QED) is 0.398. The van der Waals surface area contributed by atoms with Gasteiger partial charge < -0.3 is 5.11 Å². The molecule has 0 saturated carbocycles. The van der Waals surface area contributed by atoms with Crippen molar-refractivity contribution in [3.8, 4) is 0 Å². The molecular weight excluding hydrogens is 386 g/mol. The molecule has 2 aromatic carbocycles. The average molecular weight is 409 g/mol. The summed E-state index contributed by atoms with van der Waals surface area (Å²) in [7, 11) is 0. The number of hydrogen-bond acceptors (Lipinski definition) is 3. The van der Waals surface area contributed by atoms with Crippen LogP contribution < -0.4 is 0 Å². The van der Waals surface area contributed by atoms with Crippen molar-refractivity contribution in [2.75, 3.05) is 0 Å². The van der Waals surface area contributed by atoms with Crippen molar-refractivity contribution >= 4 is 34.1 Å². The fourth-order valence-electron chi connectivity index (χ4n) is 3.82. The highest BCUT2D eigenvalue weighted by Gasteiger charge is 2.15. The number of aromatic amines is 1. The molecule has 154 valence electrons. The maximum atomic E-state index is 10.8. The van der Waals surface area contributed by atoms with Gasteiger partial charge in [0, 0.05) is 23.9 Å².